The molecule has 1 rings (SSSR count). The summed E-state index contributed by atoms with van der Waals surface area (Å²) >= 11 is 1.47. The predicted octanol–water partition coefficient (Wildman–Crippen LogP) is 0.751. The summed E-state index contributed by atoms with van der Waals surface area (Å²) < 4.78 is 27.2. The van der Waals surface area contributed by atoms with E-state index in [1.165, 1.54) is 19.9 Å². The third-order valence-electron chi connectivity index (χ3n) is 2.73. The lowest BCUT2D eigenvalue weighted by Crippen LogP contribution is -2.40. The highest BCUT2D eigenvalue weighted by Gasteiger charge is 2.23. The van der Waals surface area contributed by atoms with Crippen LogP contribution in [-0.4, -0.2) is 55.7 Å². The fraction of sp³-hybridized carbons (Fsp3) is 0.727. The minimum Gasteiger partial charge on any atom is -0.317 e. The smallest absolute Gasteiger partial charge is 0.281 e. The van der Waals surface area contributed by atoms with Gasteiger partial charge in [-0.1, -0.05) is 6.92 Å². The van der Waals surface area contributed by atoms with Crippen LogP contribution < -0.4 is 5.32 Å². The zero-order valence-electron chi connectivity index (χ0n) is 11.7. The van der Waals surface area contributed by atoms with E-state index in [1.807, 2.05) is 12.3 Å². The molecule has 0 unspecified atom stereocenters. The molecule has 0 atom stereocenters. The monoisotopic (exact) mass is 306 g/mol. The van der Waals surface area contributed by atoms with E-state index in [-0.39, 0.29) is 0 Å². The number of rotatable bonds is 9. The number of nitrogens with one attached hydrogen (secondary N) is 1. The molecule has 0 aromatic carbocycles. The first-order valence-electron chi connectivity index (χ1n) is 6.24. The van der Waals surface area contributed by atoms with Gasteiger partial charge in [-0.3, -0.25) is 0 Å². The molecule has 0 radical (unpaired) electrons. The Morgan fingerprint density at radius 3 is 2.68 bits per heavy atom. The van der Waals surface area contributed by atoms with E-state index < -0.39 is 10.2 Å². The minimum atomic E-state index is -3.40. The van der Waals surface area contributed by atoms with Crippen LogP contribution in [0.15, 0.2) is 10.9 Å². The SMILES string of the molecule is CCNCCCN(C)S(=O)(=O)N(C)Cc1cscn1. The van der Waals surface area contributed by atoms with Crippen molar-refractivity contribution in [1.82, 2.24) is 18.9 Å². The van der Waals surface area contributed by atoms with Crippen molar-refractivity contribution in [2.24, 2.45) is 0 Å². The lowest BCUT2D eigenvalue weighted by atomic mass is 10.4. The Morgan fingerprint density at radius 1 is 1.37 bits per heavy atom. The van der Waals surface area contributed by atoms with Crippen molar-refractivity contribution in [2.45, 2.75) is 19.9 Å². The van der Waals surface area contributed by atoms with Crippen LogP contribution in [0.5, 0.6) is 0 Å². The van der Waals surface area contributed by atoms with Crippen LogP contribution in [0.4, 0.5) is 0 Å². The summed E-state index contributed by atoms with van der Waals surface area (Å²) in [6, 6.07) is 0. The molecule has 0 aliphatic heterocycles. The molecule has 1 aromatic heterocycles. The van der Waals surface area contributed by atoms with Gasteiger partial charge in [0, 0.05) is 26.0 Å². The zero-order chi connectivity index (χ0) is 14.3. The van der Waals surface area contributed by atoms with Gasteiger partial charge in [-0.2, -0.15) is 17.0 Å². The van der Waals surface area contributed by atoms with E-state index in [9.17, 15) is 8.42 Å². The summed E-state index contributed by atoms with van der Waals surface area (Å²) in [4.78, 5) is 4.10. The Balaban J connectivity index is 2.48. The number of hydrogen-bond acceptors (Lipinski definition) is 5. The van der Waals surface area contributed by atoms with Crippen LogP contribution in [-0.2, 0) is 16.8 Å². The van der Waals surface area contributed by atoms with Crippen molar-refractivity contribution < 1.29 is 8.42 Å². The molecule has 1 heterocycles. The van der Waals surface area contributed by atoms with E-state index >= 15 is 0 Å². The lowest BCUT2D eigenvalue weighted by Gasteiger charge is -2.23. The van der Waals surface area contributed by atoms with Crippen molar-refractivity contribution in [3.8, 4) is 0 Å². The van der Waals surface area contributed by atoms with Gasteiger partial charge in [0.2, 0.25) is 0 Å². The van der Waals surface area contributed by atoms with Gasteiger partial charge in [0.25, 0.3) is 10.2 Å². The highest BCUT2D eigenvalue weighted by atomic mass is 32.2. The summed E-state index contributed by atoms with van der Waals surface area (Å²) in [5, 5.41) is 5.04. The largest absolute Gasteiger partial charge is 0.317 e. The second-order valence-corrected chi connectivity index (χ2v) is 7.13. The van der Waals surface area contributed by atoms with E-state index in [1.54, 1.807) is 19.6 Å². The maximum atomic E-state index is 12.2. The van der Waals surface area contributed by atoms with Crippen LogP contribution in [0.2, 0.25) is 0 Å². The molecular formula is C11H22N4O2S2. The van der Waals surface area contributed by atoms with Crippen LogP contribution >= 0.6 is 11.3 Å². The predicted molar refractivity (Wildman–Crippen MR) is 78.3 cm³/mol. The Morgan fingerprint density at radius 2 is 2.11 bits per heavy atom. The first-order chi connectivity index (χ1) is 8.98. The van der Waals surface area contributed by atoms with Crippen molar-refractivity contribution in [3.63, 3.8) is 0 Å². The fourth-order valence-electron chi connectivity index (χ4n) is 1.58. The van der Waals surface area contributed by atoms with E-state index in [2.05, 4.69) is 10.3 Å². The molecule has 1 N–H and O–H groups in total. The standard InChI is InChI=1S/C11H22N4O2S2/c1-4-12-6-5-7-14(2)19(16,17)15(3)8-11-9-18-10-13-11/h9-10,12H,4-8H2,1-3H3. The summed E-state index contributed by atoms with van der Waals surface area (Å²) in [5.74, 6) is 0. The first kappa shape index (κ1) is 16.5. The minimum absolute atomic E-state index is 0.309. The molecule has 110 valence electrons. The van der Waals surface area contributed by atoms with Crippen LogP contribution in [0.1, 0.15) is 19.0 Å². The van der Waals surface area contributed by atoms with E-state index in [0.717, 1.165) is 25.2 Å². The third-order valence-corrected chi connectivity index (χ3v) is 5.25. The van der Waals surface area contributed by atoms with Gasteiger partial charge in [-0.15, -0.1) is 11.3 Å². The first-order valence-corrected chi connectivity index (χ1v) is 8.57. The maximum absolute atomic E-state index is 12.2. The topological polar surface area (TPSA) is 65.5 Å². The molecular weight excluding hydrogens is 284 g/mol. The average molecular weight is 306 g/mol. The second kappa shape index (κ2) is 7.91. The second-order valence-electron chi connectivity index (χ2n) is 4.27. The third kappa shape index (κ3) is 5.15. The van der Waals surface area contributed by atoms with Gasteiger partial charge >= 0.3 is 0 Å². The number of hydrogen-bond donors (Lipinski definition) is 1. The molecule has 0 spiro atoms. The molecule has 0 aliphatic carbocycles. The van der Waals surface area contributed by atoms with E-state index in [0.29, 0.717) is 13.1 Å². The van der Waals surface area contributed by atoms with Crippen molar-refractivity contribution in [3.05, 3.63) is 16.6 Å². The molecule has 19 heavy (non-hydrogen) atoms. The van der Waals surface area contributed by atoms with Gasteiger partial charge in [0.05, 0.1) is 17.7 Å². The molecule has 0 fully saturated rings. The average Bonchev–Trinajstić information content (AvgIpc) is 2.87. The Kier molecular flexibility index (Phi) is 6.87. The molecule has 0 saturated heterocycles. The highest BCUT2D eigenvalue weighted by molar-refractivity contribution is 7.86. The summed E-state index contributed by atoms with van der Waals surface area (Å²) in [7, 11) is -0.210. The van der Waals surface area contributed by atoms with Gasteiger partial charge in [-0.05, 0) is 19.5 Å². The molecule has 0 bridgehead atoms. The Bertz CT molecular complexity index is 447. The molecule has 8 heteroatoms. The molecule has 1 aromatic rings. The summed E-state index contributed by atoms with van der Waals surface area (Å²) in [5.41, 5.74) is 2.48. The summed E-state index contributed by atoms with van der Waals surface area (Å²) in [6.45, 7) is 4.58. The quantitative estimate of drug-likeness (QED) is 0.684. The maximum Gasteiger partial charge on any atom is 0.281 e. The van der Waals surface area contributed by atoms with Gasteiger partial charge in [-0.25, -0.2) is 4.98 Å². The number of nitrogens with zero attached hydrogens (tertiary/aromatic N) is 3. The van der Waals surface area contributed by atoms with Gasteiger partial charge in [0.15, 0.2) is 0 Å². The molecule has 0 saturated carbocycles. The zero-order valence-corrected chi connectivity index (χ0v) is 13.3. The van der Waals surface area contributed by atoms with Crippen LogP contribution in [0, 0.1) is 0 Å². The molecule has 0 amide bonds. The number of aromatic nitrogens is 1. The van der Waals surface area contributed by atoms with Crippen molar-refractivity contribution >= 4 is 21.5 Å². The fourth-order valence-corrected chi connectivity index (χ4v) is 3.26. The Hall–Kier alpha value is -0.540. The molecule has 0 aliphatic rings. The van der Waals surface area contributed by atoms with Crippen LogP contribution in [0.25, 0.3) is 0 Å². The summed E-state index contributed by atoms with van der Waals surface area (Å²) in [6.07, 6.45) is 0.800. The van der Waals surface area contributed by atoms with Gasteiger partial charge < -0.3 is 5.32 Å². The van der Waals surface area contributed by atoms with Crippen molar-refractivity contribution in [1.29, 1.82) is 0 Å². The number of thiazole rings is 1. The van der Waals surface area contributed by atoms with Crippen molar-refractivity contribution in [2.75, 3.05) is 33.7 Å². The molecule has 6 nitrogen and oxygen atoms in total. The highest BCUT2D eigenvalue weighted by Crippen LogP contribution is 2.10. The van der Waals surface area contributed by atoms with Gasteiger partial charge in [0.1, 0.15) is 0 Å². The van der Waals surface area contributed by atoms with Crippen LogP contribution in [0.3, 0.4) is 0 Å². The Labute approximate surface area is 119 Å². The normalized spacial score (nSPS) is 12.5. The lowest BCUT2D eigenvalue weighted by molar-refractivity contribution is 0.383. The van der Waals surface area contributed by atoms with E-state index in [4.69, 9.17) is 0 Å².